The SMILES string of the molecule is CN1CC(OC(=S)Nc2ccccc2)N(c2nnc(C(F)(F)F)s2)C1=O. The molecular weight excluding hydrogens is 391 g/mol. The molecule has 1 N–H and O–H groups in total. The van der Waals surface area contributed by atoms with Crippen molar-refractivity contribution in [3.8, 4) is 0 Å². The van der Waals surface area contributed by atoms with Gasteiger partial charge in [0, 0.05) is 12.7 Å². The van der Waals surface area contributed by atoms with Crippen molar-refractivity contribution in [2.75, 3.05) is 23.8 Å². The Morgan fingerprint density at radius 2 is 2.04 bits per heavy atom. The van der Waals surface area contributed by atoms with Crippen molar-refractivity contribution >= 4 is 45.6 Å². The minimum absolute atomic E-state index is 0.0186. The van der Waals surface area contributed by atoms with Gasteiger partial charge in [0.25, 0.3) is 5.17 Å². The monoisotopic (exact) mass is 403 g/mol. The predicted octanol–water partition coefficient (Wildman–Crippen LogP) is 3.17. The van der Waals surface area contributed by atoms with Gasteiger partial charge in [0.1, 0.15) is 0 Å². The van der Waals surface area contributed by atoms with Crippen molar-refractivity contribution in [2.45, 2.75) is 12.4 Å². The number of amides is 2. The number of anilines is 2. The van der Waals surface area contributed by atoms with E-state index in [9.17, 15) is 18.0 Å². The molecule has 2 aromatic rings. The Hall–Kier alpha value is -2.47. The number of thiocarbonyl (C=S) groups is 1. The number of alkyl halides is 3. The van der Waals surface area contributed by atoms with Crippen LogP contribution in [0.1, 0.15) is 5.01 Å². The molecule has 1 unspecified atom stereocenters. The van der Waals surface area contributed by atoms with E-state index < -0.39 is 23.4 Å². The fourth-order valence-corrected chi connectivity index (χ4v) is 3.19. The van der Waals surface area contributed by atoms with Crippen molar-refractivity contribution < 1.29 is 22.7 Å². The van der Waals surface area contributed by atoms with E-state index in [1.54, 1.807) is 24.3 Å². The topological polar surface area (TPSA) is 70.6 Å². The van der Waals surface area contributed by atoms with E-state index in [-0.39, 0.29) is 28.2 Å². The molecule has 1 fully saturated rings. The largest absolute Gasteiger partial charge is 0.445 e. The Morgan fingerprint density at radius 3 is 2.65 bits per heavy atom. The number of nitrogens with one attached hydrogen (secondary N) is 1. The number of halogens is 3. The minimum Gasteiger partial charge on any atom is -0.444 e. The van der Waals surface area contributed by atoms with E-state index >= 15 is 0 Å². The average Bonchev–Trinajstić information content (AvgIpc) is 3.14. The van der Waals surface area contributed by atoms with Gasteiger partial charge in [-0.15, -0.1) is 10.2 Å². The van der Waals surface area contributed by atoms with Crippen LogP contribution in [0.5, 0.6) is 0 Å². The van der Waals surface area contributed by atoms with Crippen molar-refractivity contribution in [3.05, 3.63) is 35.3 Å². The summed E-state index contributed by atoms with van der Waals surface area (Å²) in [5, 5.41) is 8.05. The van der Waals surface area contributed by atoms with Crippen LogP contribution < -0.4 is 10.2 Å². The van der Waals surface area contributed by atoms with Crippen LogP contribution in [0, 0.1) is 0 Å². The van der Waals surface area contributed by atoms with Gasteiger partial charge in [-0.3, -0.25) is 0 Å². The molecule has 2 heterocycles. The zero-order valence-electron chi connectivity index (χ0n) is 13.2. The van der Waals surface area contributed by atoms with E-state index in [2.05, 4.69) is 15.5 Å². The number of rotatable bonds is 3. The first-order valence-corrected chi connectivity index (χ1v) is 8.46. The number of likely N-dealkylation sites (N-methyl/N-ethyl adjacent to an activating group) is 1. The maximum atomic E-state index is 12.7. The Kier molecular flexibility index (Phi) is 4.96. The molecule has 0 radical (unpaired) electrons. The molecular formula is C14H12F3N5O2S2. The van der Waals surface area contributed by atoms with Gasteiger partial charge in [0.15, 0.2) is 0 Å². The van der Waals surface area contributed by atoms with Gasteiger partial charge in [0.2, 0.25) is 16.4 Å². The highest BCUT2D eigenvalue weighted by atomic mass is 32.1. The molecule has 1 saturated heterocycles. The number of hydrogen-bond donors (Lipinski definition) is 1. The van der Waals surface area contributed by atoms with Crippen LogP contribution in [0.3, 0.4) is 0 Å². The summed E-state index contributed by atoms with van der Waals surface area (Å²) >= 11 is 5.38. The van der Waals surface area contributed by atoms with E-state index in [0.717, 1.165) is 4.90 Å². The third-order valence-corrected chi connectivity index (χ3v) is 4.54. The second-order valence-corrected chi connectivity index (χ2v) is 6.60. The number of carbonyl (C=O) groups excluding carboxylic acids is 1. The summed E-state index contributed by atoms with van der Waals surface area (Å²) in [7, 11) is 1.50. The second-order valence-electron chi connectivity index (χ2n) is 5.27. The first-order chi connectivity index (χ1) is 12.3. The number of hydrogen-bond acceptors (Lipinski definition) is 6. The summed E-state index contributed by atoms with van der Waals surface area (Å²) in [4.78, 5) is 14.6. The molecule has 1 aliphatic rings. The molecule has 3 rings (SSSR count). The lowest BCUT2D eigenvalue weighted by Gasteiger charge is -2.21. The lowest BCUT2D eigenvalue weighted by molar-refractivity contribution is -0.138. The van der Waals surface area contributed by atoms with E-state index in [1.807, 2.05) is 6.07 Å². The van der Waals surface area contributed by atoms with E-state index in [1.165, 1.54) is 11.9 Å². The fraction of sp³-hybridized carbons (Fsp3) is 0.286. The summed E-state index contributed by atoms with van der Waals surface area (Å²) in [6, 6.07) is 8.39. The maximum Gasteiger partial charge on any atom is 0.445 e. The fourth-order valence-electron chi connectivity index (χ4n) is 2.22. The lowest BCUT2D eigenvalue weighted by atomic mass is 10.3. The smallest absolute Gasteiger partial charge is 0.444 e. The molecule has 12 heteroatoms. The van der Waals surface area contributed by atoms with Gasteiger partial charge in [-0.2, -0.15) is 13.2 Å². The number of nitrogens with zero attached hydrogens (tertiary/aromatic N) is 4. The van der Waals surface area contributed by atoms with Crippen molar-refractivity contribution in [1.82, 2.24) is 15.1 Å². The van der Waals surface area contributed by atoms with Crippen LogP contribution >= 0.6 is 23.6 Å². The molecule has 0 bridgehead atoms. The Balaban J connectivity index is 1.76. The van der Waals surface area contributed by atoms with Crippen LogP contribution in [0.4, 0.5) is 28.8 Å². The first-order valence-electron chi connectivity index (χ1n) is 7.23. The number of ether oxygens (including phenoxy) is 1. The lowest BCUT2D eigenvalue weighted by Crippen LogP contribution is -2.38. The molecule has 26 heavy (non-hydrogen) atoms. The molecule has 1 aliphatic heterocycles. The van der Waals surface area contributed by atoms with Crippen LogP contribution in [0.25, 0.3) is 0 Å². The molecule has 1 aromatic carbocycles. The van der Waals surface area contributed by atoms with Gasteiger partial charge >= 0.3 is 12.2 Å². The summed E-state index contributed by atoms with van der Waals surface area (Å²) in [5.74, 6) is 0. The van der Waals surface area contributed by atoms with Gasteiger partial charge < -0.3 is 15.0 Å². The van der Waals surface area contributed by atoms with Crippen molar-refractivity contribution in [1.29, 1.82) is 0 Å². The van der Waals surface area contributed by atoms with Crippen LogP contribution in [-0.4, -0.2) is 46.1 Å². The van der Waals surface area contributed by atoms with Crippen LogP contribution in [0.2, 0.25) is 0 Å². The number of benzene rings is 1. The van der Waals surface area contributed by atoms with Gasteiger partial charge in [-0.1, -0.05) is 29.5 Å². The first kappa shape index (κ1) is 18.3. The molecule has 0 saturated carbocycles. The predicted molar refractivity (Wildman–Crippen MR) is 93.0 cm³/mol. The highest BCUT2D eigenvalue weighted by Gasteiger charge is 2.43. The Labute approximate surface area is 155 Å². The molecule has 2 amide bonds. The number of aromatic nitrogens is 2. The normalized spacial score (nSPS) is 17.5. The summed E-state index contributed by atoms with van der Waals surface area (Å²) in [6.07, 6.45) is -5.56. The highest BCUT2D eigenvalue weighted by molar-refractivity contribution is 7.80. The molecule has 138 valence electrons. The molecule has 0 aliphatic carbocycles. The second kappa shape index (κ2) is 7.03. The van der Waals surface area contributed by atoms with E-state index in [4.69, 9.17) is 17.0 Å². The molecule has 1 aromatic heterocycles. The molecule has 0 spiro atoms. The zero-order valence-corrected chi connectivity index (χ0v) is 14.9. The third-order valence-electron chi connectivity index (χ3n) is 3.38. The Bertz CT molecular complexity index is 814. The average molecular weight is 403 g/mol. The minimum atomic E-state index is -4.63. The van der Waals surface area contributed by atoms with Gasteiger partial charge in [-0.25, -0.2) is 9.69 Å². The molecule has 1 atom stereocenters. The summed E-state index contributed by atoms with van der Waals surface area (Å²) < 4.78 is 43.8. The van der Waals surface area contributed by atoms with E-state index in [0.29, 0.717) is 5.69 Å². The van der Waals surface area contributed by atoms with Crippen LogP contribution in [0.15, 0.2) is 30.3 Å². The van der Waals surface area contributed by atoms with Gasteiger partial charge in [0.05, 0.1) is 6.54 Å². The summed E-state index contributed by atoms with van der Waals surface area (Å²) in [6.45, 7) is 0.108. The quantitative estimate of drug-likeness (QED) is 0.794. The number of para-hydroxylation sites is 1. The standard InChI is InChI=1S/C14H12F3N5O2S2/c1-21-7-9(24-12(25)18-8-5-3-2-4-6-8)22(13(21)23)11-20-19-10(26-11)14(15,16)17/h2-6,9H,7H2,1H3,(H,18,25). The highest BCUT2D eigenvalue weighted by Crippen LogP contribution is 2.36. The number of carbonyl (C=O) groups is 1. The molecule has 7 nitrogen and oxygen atoms in total. The summed E-state index contributed by atoms with van der Waals surface area (Å²) in [5.41, 5.74) is 0.678. The third kappa shape index (κ3) is 3.85. The van der Waals surface area contributed by atoms with Crippen molar-refractivity contribution in [2.24, 2.45) is 0 Å². The van der Waals surface area contributed by atoms with Crippen LogP contribution in [-0.2, 0) is 10.9 Å². The van der Waals surface area contributed by atoms with Crippen molar-refractivity contribution in [3.63, 3.8) is 0 Å². The van der Waals surface area contributed by atoms with Gasteiger partial charge in [-0.05, 0) is 24.4 Å². The zero-order chi connectivity index (χ0) is 18.9. The maximum absolute atomic E-state index is 12.7. The number of urea groups is 1. The Morgan fingerprint density at radius 1 is 1.35 bits per heavy atom.